The van der Waals surface area contributed by atoms with Crippen LogP contribution in [0.3, 0.4) is 0 Å². The number of amides is 3. The lowest BCUT2D eigenvalue weighted by Gasteiger charge is -2.36. The maximum atomic E-state index is 13.3. The molecule has 188 valence electrons. The molecule has 0 aliphatic carbocycles. The van der Waals surface area contributed by atoms with E-state index in [4.69, 9.17) is 4.74 Å². The second kappa shape index (κ2) is 9.03. The molecule has 3 amide bonds. The topological polar surface area (TPSA) is 134 Å². The van der Waals surface area contributed by atoms with Crippen LogP contribution in [0.2, 0.25) is 0 Å². The number of anilines is 1. The SMILES string of the molecule is C=C(NC(=O)C(=C)n1cnc2c(-c3ccc4c(c3)OCC(=O)N4C)cccc2c1=O)C(=O)N1CC(O)C1. The Balaban J connectivity index is 1.42. The summed E-state index contributed by atoms with van der Waals surface area (Å²) >= 11 is 0. The molecule has 0 bridgehead atoms. The van der Waals surface area contributed by atoms with E-state index in [0.717, 1.165) is 10.1 Å². The standard InChI is InChI=1S/C26H23N5O6/c1-14(25(35)30-10-17(32)11-30)28-24(34)15(2)31-13-27-23-18(5-4-6-19(23)26(31)36)16-7-8-20-21(9-16)37-12-22(33)29(20)3/h4-9,13,17,32H,1-2,10-12H2,3H3,(H,28,34). The van der Waals surface area contributed by atoms with Crippen molar-refractivity contribution in [1.29, 1.82) is 0 Å². The molecule has 0 spiro atoms. The van der Waals surface area contributed by atoms with Gasteiger partial charge in [-0.05, 0) is 23.8 Å². The first-order chi connectivity index (χ1) is 17.7. The molecule has 1 fully saturated rings. The first-order valence-electron chi connectivity index (χ1n) is 11.4. The van der Waals surface area contributed by atoms with E-state index in [-0.39, 0.29) is 42.4 Å². The summed E-state index contributed by atoms with van der Waals surface area (Å²) < 4.78 is 6.58. The number of para-hydroxylation sites is 1. The lowest BCUT2D eigenvalue weighted by molar-refractivity contribution is -0.138. The van der Waals surface area contributed by atoms with Crippen molar-refractivity contribution in [2.24, 2.45) is 0 Å². The average molecular weight is 501 g/mol. The van der Waals surface area contributed by atoms with Gasteiger partial charge in [-0.25, -0.2) is 4.98 Å². The van der Waals surface area contributed by atoms with Crippen LogP contribution in [-0.2, 0) is 14.4 Å². The van der Waals surface area contributed by atoms with Gasteiger partial charge in [0, 0.05) is 25.7 Å². The Kier molecular flexibility index (Phi) is 5.84. The fourth-order valence-electron chi connectivity index (χ4n) is 4.21. The van der Waals surface area contributed by atoms with E-state index in [0.29, 0.717) is 22.5 Å². The summed E-state index contributed by atoms with van der Waals surface area (Å²) in [5, 5.41) is 12.0. The molecule has 0 atom stereocenters. The van der Waals surface area contributed by atoms with Crippen molar-refractivity contribution in [1.82, 2.24) is 19.8 Å². The minimum atomic E-state index is -0.788. The number of fused-ring (bicyclic) bond motifs is 2. The zero-order valence-electron chi connectivity index (χ0n) is 19.9. The smallest absolute Gasteiger partial charge is 0.272 e. The Hall–Kier alpha value is -4.77. The molecule has 2 aliphatic heterocycles. The summed E-state index contributed by atoms with van der Waals surface area (Å²) in [6, 6.07) is 10.5. The Morgan fingerprint density at radius 1 is 1.16 bits per heavy atom. The molecule has 0 radical (unpaired) electrons. The highest BCUT2D eigenvalue weighted by atomic mass is 16.5. The molecular weight excluding hydrogens is 478 g/mol. The molecule has 11 nitrogen and oxygen atoms in total. The number of benzene rings is 2. The summed E-state index contributed by atoms with van der Waals surface area (Å²) in [7, 11) is 1.68. The number of hydrogen-bond donors (Lipinski definition) is 2. The Labute approximate surface area is 210 Å². The number of aliphatic hydroxyl groups excluding tert-OH is 1. The van der Waals surface area contributed by atoms with Gasteiger partial charge in [0.15, 0.2) is 6.61 Å². The molecule has 2 N–H and O–H groups in total. The summed E-state index contributed by atoms with van der Waals surface area (Å²) in [5.74, 6) is -0.921. The van der Waals surface area contributed by atoms with Crippen LogP contribution >= 0.6 is 0 Å². The first-order valence-corrected chi connectivity index (χ1v) is 11.4. The molecule has 1 saturated heterocycles. The van der Waals surface area contributed by atoms with E-state index in [1.54, 1.807) is 31.3 Å². The number of carbonyl (C=O) groups is 3. The minimum Gasteiger partial charge on any atom is -0.482 e. The van der Waals surface area contributed by atoms with Gasteiger partial charge in [-0.2, -0.15) is 0 Å². The number of rotatable bonds is 5. The highest BCUT2D eigenvalue weighted by Gasteiger charge is 2.31. The summed E-state index contributed by atoms with van der Waals surface area (Å²) in [6.07, 6.45) is 0.613. The normalized spacial score (nSPS) is 15.0. The lowest BCUT2D eigenvalue weighted by Crippen LogP contribution is -2.55. The molecule has 2 aliphatic rings. The monoisotopic (exact) mass is 501 g/mol. The van der Waals surface area contributed by atoms with E-state index in [2.05, 4.69) is 23.5 Å². The largest absolute Gasteiger partial charge is 0.482 e. The predicted molar refractivity (Wildman–Crippen MR) is 136 cm³/mol. The molecule has 0 unspecified atom stereocenters. The van der Waals surface area contributed by atoms with Crippen LogP contribution in [0.15, 0.2) is 66.4 Å². The number of ether oxygens (including phenoxy) is 1. The van der Waals surface area contributed by atoms with Gasteiger partial charge in [0.1, 0.15) is 17.8 Å². The van der Waals surface area contributed by atoms with Crippen LogP contribution in [-0.4, -0.2) is 70.1 Å². The molecule has 5 rings (SSSR count). The number of likely N-dealkylation sites (tertiary alicyclic amines) is 1. The molecule has 11 heteroatoms. The number of aliphatic hydroxyl groups is 1. The second-order valence-electron chi connectivity index (χ2n) is 8.79. The zero-order valence-corrected chi connectivity index (χ0v) is 19.9. The number of carbonyl (C=O) groups excluding carboxylic acids is 3. The number of likely N-dealkylation sites (N-methyl/N-ethyl adjacent to an activating group) is 1. The quantitative estimate of drug-likeness (QED) is 0.492. The Bertz CT molecular complexity index is 1570. The van der Waals surface area contributed by atoms with Crippen molar-refractivity contribution >= 4 is 40.0 Å². The van der Waals surface area contributed by atoms with Crippen LogP contribution < -0.4 is 20.5 Å². The van der Waals surface area contributed by atoms with Crippen molar-refractivity contribution < 1.29 is 24.2 Å². The number of aromatic nitrogens is 2. The number of β-amino-alcohol motifs (C(OH)–C–C–N with tert-alkyl or cyclic N) is 1. The molecule has 0 saturated carbocycles. The predicted octanol–water partition coefficient (Wildman–Crippen LogP) is 0.722. The zero-order chi connectivity index (χ0) is 26.4. The Morgan fingerprint density at radius 3 is 2.65 bits per heavy atom. The minimum absolute atomic E-state index is 0.0619. The fourth-order valence-corrected chi connectivity index (χ4v) is 4.21. The summed E-state index contributed by atoms with van der Waals surface area (Å²) in [4.78, 5) is 57.4. The molecule has 2 aromatic carbocycles. The molecule has 3 aromatic rings. The molecule has 1 aromatic heterocycles. The maximum absolute atomic E-state index is 13.3. The van der Waals surface area contributed by atoms with Gasteiger partial charge < -0.3 is 25.0 Å². The van der Waals surface area contributed by atoms with Gasteiger partial charge in [-0.3, -0.25) is 23.7 Å². The third-order valence-corrected chi connectivity index (χ3v) is 6.37. The van der Waals surface area contributed by atoms with E-state index < -0.39 is 23.5 Å². The number of nitrogens with one attached hydrogen (secondary N) is 1. The molecule has 37 heavy (non-hydrogen) atoms. The summed E-state index contributed by atoms with van der Waals surface area (Å²) in [5.41, 5.74) is 1.50. The van der Waals surface area contributed by atoms with Crippen molar-refractivity contribution in [3.8, 4) is 16.9 Å². The van der Waals surface area contributed by atoms with Crippen LogP contribution in [0.25, 0.3) is 27.7 Å². The van der Waals surface area contributed by atoms with Gasteiger partial charge in [-0.15, -0.1) is 0 Å². The highest BCUT2D eigenvalue weighted by Crippen LogP contribution is 2.36. The van der Waals surface area contributed by atoms with E-state index in [9.17, 15) is 24.3 Å². The van der Waals surface area contributed by atoms with Crippen molar-refractivity contribution in [2.45, 2.75) is 6.10 Å². The number of nitrogens with zero attached hydrogens (tertiary/aromatic N) is 4. The second-order valence-corrected chi connectivity index (χ2v) is 8.79. The first kappa shape index (κ1) is 23.9. The molecular formula is C26H23N5O6. The van der Waals surface area contributed by atoms with Crippen molar-refractivity contribution in [3.05, 3.63) is 71.9 Å². The third-order valence-electron chi connectivity index (χ3n) is 6.37. The van der Waals surface area contributed by atoms with Gasteiger partial charge >= 0.3 is 0 Å². The van der Waals surface area contributed by atoms with Gasteiger partial charge in [-0.1, -0.05) is 31.4 Å². The van der Waals surface area contributed by atoms with Gasteiger partial charge in [0.2, 0.25) is 0 Å². The Morgan fingerprint density at radius 2 is 1.92 bits per heavy atom. The van der Waals surface area contributed by atoms with E-state index in [1.807, 2.05) is 12.1 Å². The number of hydrogen-bond acceptors (Lipinski definition) is 7. The third kappa shape index (κ3) is 4.15. The van der Waals surface area contributed by atoms with Gasteiger partial charge in [0.25, 0.3) is 23.3 Å². The van der Waals surface area contributed by atoms with Crippen molar-refractivity contribution in [2.75, 3.05) is 31.6 Å². The highest BCUT2D eigenvalue weighted by molar-refractivity contribution is 6.15. The summed E-state index contributed by atoms with van der Waals surface area (Å²) in [6.45, 7) is 7.53. The van der Waals surface area contributed by atoms with Crippen molar-refractivity contribution in [3.63, 3.8) is 0 Å². The van der Waals surface area contributed by atoms with Crippen LogP contribution in [0, 0.1) is 0 Å². The van der Waals surface area contributed by atoms with Gasteiger partial charge in [0.05, 0.1) is 28.4 Å². The maximum Gasteiger partial charge on any atom is 0.272 e. The van der Waals surface area contributed by atoms with Crippen LogP contribution in [0.1, 0.15) is 0 Å². The van der Waals surface area contributed by atoms with Crippen LogP contribution in [0.4, 0.5) is 5.69 Å². The lowest BCUT2D eigenvalue weighted by atomic mass is 10.0. The molecule has 3 heterocycles. The van der Waals surface area contributed by atoms with Crippen LogP contribution in [0.5, 0.6) is 5.75 Å². The fraction of sp³-hybridized carbons (Fsp3) is 0.192. The average Bonchev–Trinajstić information content (AvgIpc) is 2.88. The van der Waals surface area contributed by atoms with E-state index in [1.165, 1.54) is 16.1 Å². The van der Waals surface area contributed by atoms with E-state index >= 15 is 0 Å².